The Morgan fingerprint density at radius 3 is 2.71 bits per heavy atom. The van der Waals surface area contributed by atoms with E-state index in [2.05, 4.69) is 0 Å². The summed E-state index contributed by atoms with van der Waals surface area (Å²) in [5.74, 6) is -0.241. The van der Waals surface area contributed by atoms with Gasteiger partial charge in [0.15, 0.2) is 0 Å². The minimum Gasteiger partial charge on any atom is -0.393 e. The van der Waals surface area contributed by atoms with Gasteiger partial charge in [0.2, 0.25) is 0 Å². The number of anilines is 1. The summed E-state index contributed by atoms with van der Waals surface area (Å²) in [5, 5.41) is 10.7. The predicted molar refractivity (Wildman–Crippen MR) is 64.8 cm³/mol. The Kier molecular flexibility index (Phi) is 4.03. The largest absolute Gasteiger partial charge is 0.393 e. The number of nitrogens with two attached hydrogens (primary N) is 1. The Balaban J connectivity index is 3.03. The molecule has 0 saturated heterocycles. The second kappa shape index (κ2) is 5.29. The lowest BCUT2D eigenvalue weighted by Crippen LogP contribution is -2.27. The van der Waals surface area contributed by atoms with Crippen LogP contribution in [0.3, 0.4) is 0 Å². The molecule has 0 saturated carbocycles. The third-order valence-electron chi connectivity index (χ3n) is 2.38. The molecule has 2 N–H and O–H groups in total. The number of benzene rings is 1. The molecule has 0 bridgehead atoms. The number of nitrogen functional groups attached to an aromatic ring is 1. The number of carbonyl (C=O) groups is 1. The van der Waals surface area contributed by atoms with Crippen molar-refractivity contribution in [2.45, 2.75) is 13.3 Å². The molecule has 1 rings (SSSR count). The minimum absolute atomic E-state index is 0.0599. The maximum Gasteiger partial charge on any atom is 0.292 e. The number of hydrogen-bond donors (Lipinski definition) is 1. The molecule has 92 valence electrons. The van der Waals surface area contributed by atoms with Crippen molar-refractivity contribution in [2.75, 3.05) is 19.3 Å². The van der Waals surface area contributed by atoms with Crippen LogP contribution in [0.5, 0.6) is 0 Å². The lowest BCUT2D eigenvalue weighted by Gasteiger charge is -2.15. The summed E-state index contributed by atoms with van der Waals surface area (Å²) in [4.78, 5) is 23.5. The standard InChI is InChI=1S/C11H15N3O3/c1-3-6-13(2)11(15)8-4-5-9(12)10(7-8)14(16)17/h4-5,7H,3,6,12H2,1-2H3. The molecule has 1 aromatic carbocycles. The van der Waals surface area contributed by atoms with Gasteiger partial charge in [0, 0.05) is 25.2 Å². The summed E-state index contributed by atoms with van der Waals surface area (Å²) in [6.07, 6.45) is 0.833. The zero-order valence-corrected chi connectivity index (χ0v) is 9.84. The number of rotatable bonds is 4. The number of nitro benzene ring substituents is 1. The van der Waals surface area contributed by atoms with Crippen LogP contribution in [0.1, 0.15) is 23.7 Å². The highest BCUT2D eigenvalue weighted by Crippen LogP contribution is 2.22. The summed E-state index contributed by atoms with van der Waals surface area (Å²) in [7, 11) is 1.66. The Morgan fingerprint density at radius 1 is 1.53 bits per heavy atom. The first-order chi connectivity index (χ1) is 7.97. The first kappa shape index (κ1) is 13.0. The number of nitrogens with zero attached hydrogens (tertiary/aromatic N) is 2. The van der Waals surface area contributed by atoms with Gasteiger partial charge >= 0.3 is 0 Å². The Morgan fingerprint density at radius 2 is 2.18 bits per heavy atom. The molecule has 1 amide bonds. The summed E-state index contributed by atoms with van der Waals surface area (Å²) in [5.41, 5.74) is 5.56. The summed E-state index contributed by atoms with van der Waals surface area (Å²) < 4.78 is 0. The molecule has 17 heavy (non-hydrogen) atoms. The van der Waals surface area contributed by atoms with Crippen LogP contribution in [0.2, 0.25) is 0 Å². The number of amides is 1. The van der Waals surface area contributed by atoms with E-state index < -0.39 is 4.92 Å². The van der Waals surface area contributed by atoms with Gasteiger partial charge in [0.1, 0.15) is 5.69 Å². The third kappa shape index (κ3) is 2.93. The van der Waals surface area contributed by atoms with Crippen molar-refractivity contribution in [2.24, 2.45) is 0 Å². The number of hydrogen-bond acceptors (Lipinski definition) is 4. The average molecular weight is 237 g/mol. The average Bonchev–Trinajstić information content (AvgIpc) is 2.28. The van der Waals surface area contributed by atoms with Crippen LogP contribution in [0.15, 0.2) is 18.2 Å². The molecule has 0 atom stereocenters. The SMILES string of the molecule is CCCN(C)C(=O)c1ccc(N)c([N+](=O)[O-])c1. The van der Waals surface area contributed by atoms with E-state index in [0.29, 0.717) is 6.54 Å². The van der Waals surface area contributed by atoms with Crippen LogP contribution < -0.4 is 5.73 Å². The molecule has 6 nitrogen and oxygen atoms in total. The van der Waals surface area contributed by atoms with E-state index in [1.165, 1.54) is 23.1 Å². The van der Waals surface area contributed by atoms with E-state index in [-0.39, 0.29) is 22.8 Å². The van der Waals surface area contributed by atoms with Gasteiger partial charge in [-0.1, -0.05) is 6.92 Å². The van der Waals surface area contributed by atoms with Gasteiger partial charge in [-0.15, -0.1) is 0 Å². The Bertz CT molecular complexity index is 446. The first-order valence-corrected chi connectivity index (χ1v) is 5.26. The zero-order chi connectivity index (χ0) is 13.0. The van der Waals surface area contributed by atoms with E-state index in [0.717, 1.165) is 6.42 Å². The molecule has 0 aliphatic rings. The van der Waals surface area contributed by atoms with E-state index >= 15 is 0 Å². The van der Waals surface area contributed by atoms with Crippen molar-refractivity contribution in [3.63, 3.8) is 0 Å². The predicted octanol–water partition coefficient (Wildman–Crippen LogP) is 1.66. The maximum atomic E-state index is 11.9. The maximum absolute atomic E-state index is 11.9. The molecule has 1 aromatic rings. The van der Waals surface area contributed by atoms with E-state index in [9.17, 15) is 14.9 Å². The lowest BCUT2D eigenvalue weighted by molar-refractivity contribution is -0.383. The molecule has 0 unspecified atom stereocenters. The van der Waals surface area contributed by atoms with Crippen LogP contribution in [0, 0.1) is 10.1 Å². The van der Waals surface area contributed by atoms with Gasteiger partial charge in [0.05, 0.1) is 4.92 Å². The van der Waals surface area contributed by atoms with Crippen molar-refractivity contribution in [3.8, 4) is 0 Å². The highest BCUT2D eigenvalue weighted by molar-refractivity contribution is 5.95. The molecular formula is C11H15N3O3. The molecule has 0 spiro atoms. The Labute approximate surface area is 99.2 Å². The highest BCUT2D eigenvalue weighted by atomic mass is 16.6. The van der Waals surface area contributed by atoms with E-state index in [1.54, 1.807) is 7.05 Å². The van der Waals surface area contributed by atoms with Crippen molar-refractivity contribution in [1.29, 1.82) is 0 Å². The van der Waals surface area contributed by atoms with E-state index in [1.807, 2.05) is 6.92 Å². The monoisotopic (exact) mass is 237 g/mol. The van der Waals surface area contributed by atoms with Gasteiger partial charge in [0.25, 0.3) is 11.6 Å². The fourth-order valence-electron chi connectivity index (χ4n) is 1.49. The van der Waals surface area contributed by atoms with Crippen molar-refractivity contribution >= 4 is 17.3 Å². The van der Waals surface area contributed by atoms with Crippen molar-refractivity contribution in [1.82, 2.24) is 4.90 Å². The normalized spacial score (nSPS) is 10.0. The van der Waals surface area contributed by atoms with Crippen LogP contribution in [0.4, 0.5) is 11.4 Å². The summed E-state index contributed by atoms with van der Waals surface area (Å²) in [6, 6.07) is 4.09. The fourth-order valence-corrected chi connectivity index (χ4v) is 1.49. The van der Waals surface area contributed by atoms with Crippen LogP contribution in [-0.2, 0) is 0 Å². The molecule has 0 heterocycles. The van der Waals surface area contributed by atoms with Crippen molar-refractivity contribution < 1.29 is 9.72 Å². The van der Waals surface area contributed by atoms with Gasteiger partial charge in [-0.25, -0.2) is 0 Å². The number of carbonyl (C=O) groups excluding carboxylic acids is 1. The third-order valence-corrected chi connectivity index (χ3v) is 2.38. The summed E-state index contributed by atoms with van der Waals surface area (Å²) >= 11 is 0. The van der Waals surface area contributed by atoms with Gasteiger partial charge in [-0.3, -0.25) is 14.9 Å². The molecule has 0 aromatic heterocycles. The first-order valence-electron chi connectivity index (χ1n) is 5.26. The molecule has 0 aliphatic carbocycles. The Hall–Kier alpha value is -2.11. The zero-order valence-electron chi connectivity index (χ0n) is 9.84. The van der Waals surface area contributed by atoms with Crippen molar-refractivity contribution in [3.05, 3.63) is 33.9 Å². The van der Waals surface area contributed by atoms with Gasteiger partial charge in [-0.05, 0) is 18.6 Å². The smallest absolute Gasteiger partial charge is 0.292 e. The molecule has 0 fully saturated rings. The molecule has 0 aliphatic heterocycles. The van der Waals surface area contributed by atoms with Crippen LogP contribution in [0.25, 0.3) is 0 Å². The molecule has 6 heteroatoms. The second-order valence-electron chi connectivity index (χ2n) is 3.76. The second-order valence-corrected chi connectivity index (χ2v) is 3.76. The minimum atomic E-state index is -0.591. The summed E-state index contributed by atoms with van der Waals surface area (Å²) in [6.45, 7) is 2.56. The van der Waals surface area contributed by atoms with Gasteiger partial charge in [-0.2, -0.15) is 0 Å². The highest BCUT2D eigenvalue weighted by Gasteiger charge is 2.17. The van der Waals surface area contributed by atoms with E-state index in [4.69, 9.17) is 5.73 Å². The van der Waals surface area contributed by atoms with Crippen LogP contribution in [-0.4, -0.2) is 29.3 Å². The molecule has 0 radical (unpaired) electrons. The lowest BCUT2D eigenvalue weighted by atomic mass is 10.1. The van der Waals surface area contributed by atoms with Gasteiger partial charge < -0.3 is 10.6 Å². The fraction of sp³-hybridized carbons (Fsp3) is 0.364. The molecular weight excluding hydrogens is 222 g/mol. The topological polar surface area (TPSA) is 89.5 Å². The quantitative estimate of drug-likeness (QED) is 0.490. The number of nitro groups is 1. The van der Waals surface area contributed by atoms with Crippen LogP contribution >= 0.6 is 0 Å².